The average molecular weight is 228 g/mol. The third-order valence-electron chi connectivity index (χ3n) is 2.14. The van der Waals surface area contributed by atoms with Gasteiger partial charge in [-0.15, -0.1) is 6.58 Å². The molecule has 0 aliphatic rings. The summed E-state index contributed by atoms with van der Waals surface area (Å²) in [6.45, 7) is 0.653. The van der Waals surface area contributed by atoms with Gasteiger partial charge in [0.05, 0.1) is 6.10 Å². The number of para-hydroxylation sites is 1. The number of benzene rings is 1. The summed E-state index contributed by atoms with van der Waals surface area (Å²) in [6, 6.07) is 6.25. The summed E-state index contributed by atoms with van der Waals surface area (Å²) in [4.78, 5) is 0. The predicted molar refractivity (Wildman–Crippen MR) is 57.5 cm³/mol. The summed E-state index contributed by atoms with van der Waals surface area (Å²) in [7, 11) is 0. The Morgan fingerprint density at radius 3 is 2.69 bits per heavy atom. The maximum absolute atomic E-state index is 12.1. The minimum Gasteiger partial charge on any atom is -0.434 e. The molecule has 0 saturated carbocycles. The minimum absolute atomic E-state index is 0.0223. The van der Waals surface area contributed by atoms with Crippen LogP contribution in [0.15, 0.2) is 36.9 Å². The summed E-state index contributed by atoms with van der Waals surface area (Å²) >= 11 is 0. The molecule has 1 atom stereocenters. The van der Waals surface area contributed by atoms with Gasteiger partial charge in [0, 0.05) is 5.56 Å². The molecular weight excluding hydrogens is 214 g/mol. The van der Waals surface area contributed by atoms with E-state index in [1.54, 1.807) is 24.3 Å². The van der Waals surface area contributed by atoms with E-state index >= 15 is 0 Å². The number of rotatable bonds is 6. The second kappa shape index (κ2) is 6.23. The Hall–Kier alpha value is -1.42. The molecule has 0 aromatic heterocycles. The van der Waals surface area contributed by atoms with Gasteiger partial charge >= 0.3 is 6.61 Å². The molecule has 4 heteroatoms. The van der Waals surface area contributed by atoms with E-state index in [9.17, 15) is 13.9 Å². The Kier molecular flexibility index (Phi) is 4.92. The first-order chi connectivity index (χ1) is 7.65. The monoisotopic (exact) mass is 228 g/mol. The number of hydrogen-bond donors (Lipinski definition) is 1. The zero-order chi connectivity index (χ0) is 12.0. The van der Waals surface area contributed by atoms with Crippen LogP contribution < -0.4 is 4.74 Å². The highest BCUT2D eigenvalue weighted by atomic mass is 19.3. The number of ether oxygens (including phenoxy) is 1. The Balaban J connectivity index is 2.80. The van der Waals surface area contributed by atoms with Crippen molar-refractivity contribution in [3.63, 3.8) is 0 Å². The molecule has 1 unspecified atom stereocenters. The number of allylic oxidation sites excluding steroid dienone is 1. The van der Waals surface area contributed by atoms with Crippen LogP contribution in [-0.4, -0.2) is 11.7 Å². The van der Waals surface area contributed by atoms with Crippen molar-refractivity contribution in [3.05, 3.63) is 42.5 Å². The highest BCUT2D eigenvalue weighted by Crippen LogP contribution is 2.28. The lowest BCUT2D eigenvalue weighted by Gasteiger charge is -2.14. The topological polar surface area (TPSA) is 29.5 Å². The lowest BCUT2D eigenvalue weighted by Crippen LogP contribution is -2.07. The number of aliphatic hydroxyl groups is 1. The van der Waals surface area contributed by atoms with Crippen LogP contribution in [0.3, 0.4) is 0 Å². The molecule has 2 nitrogen and oxygen atoms in total. The maximum Gasteiger partial charge on any atom is 0.387 e. The predicted octanol–water partition coefficient (Wildman–Crippen LogP) is 3.29. The van der Waals surface area contributed by atoms with Gasteiger partial charge in [0.25, 0.3) is 0 Å². The van der Waals surface area contributed by atoms with E-state index in [4.69, 9.17) is 0 Å². The molecule has 1 aromatic carbocycles. The fraction of sp³-hybridized carbons (Fsp3) is 0.333. The van der Waals surface area contributed by atoms with Gasteiger partial charge in [-0.2, -0.15) is 8.78 Å². The van der Waals surface area contributed by atoms with Gasteiger partial charge in [-0.05, 0) is 18.9 Å². The zero-order valence-corrected chi connectivity index (χ0v) is 8.77. The summed E-state index contributed by atoms with van der Waals surface area (Å²) < 4.78 is 28.5. The van der Waals surface area contributed by atoms with Gasteiger partial charge in [0.1, 0.15) is 5.75 Å². The Morgan fingerprint density at radius 2 is 2.06 bits per heavy atom. The quantitative estimate of drug-likeness (QED) is 0.757. The van der Waals surface area contributed by atoms with Gasteiger partial charge in [-0.25, -0.2) is 0 Å². The normalized spacial score (nSPS) is 12.5. The number of alkyl halides is 2. The Labute approximate surface area is 93.2 Å². The zero-order valence-electron chi connectivity index (χ0n) is 8.77. The largest absolute Gasteiger partial charge is 0.434 e. The molecule has 0 fully saturated rings. The van der Waals surface area contributed by atoms with Crippen LogP contribution in [0.5, 0.6) is 5.75 Å². The molecular formula is C12H14F2O2. The average Bonchev–Trinajstić information content (AvgIpc) is 2.26. The third-order valence-corrected chi connectivity index (χ3v) is 2.14. The van der Waals surface area contributed by atoms with E-state index in [1.807, 2.05) is 0 Å². The number of aliphatic hydroxyl groups excluding tert-OH is 1. The molecule has 88 valence electrons. The van der Waals surface area contributed by atoms with E-state index in [0.717, 1.165) is 0 Å². The molecule has 0 radical (unpaired) electrons. The summed E-state index contributed by atoms with van der Waals surface area (Å²) in [6.07, 6.45) is 1.91. The van der Waals surface area contributed by atoms with Crippen molar-refractivity contribution < 1.29 is 18.6 Å². The van der Waals surface area contributed by atoms with Crippen LogP contribution in [0.1, 0.15) is 24.5 Å². The van der Waals surface area contributed by atoms with Crippen LogP contribution in [0.25, 0.3) is 0 Å². The fourth-order valence-electron chi connectivity index (χ4n) is 1.39. The smallest absolute Gasteiger partial charge is 0.387 e. The molecule has 0 bridgehead atoms. The Bertz CT molecular complexity index is 340. The molecule has 0 saturated heterocycles. The van der Waals surface area contributed by atoms with E-state index < -0.39 is 12.7 Å². The molecule has 0 spiro atoms. The van der Waals surface area contributed by atoms with Gasteiger partial charge in [0.15, 0.2) is 0 Å². The molecule has 0 aliphatic carbocycles. The van der Waals surface area contributed by atoms with Crippen molar-refractivity contribution in [1.82, 2.24) is 0 Å². The van der Waals surface area contributed by atoms with Crippen LogP contribution in [-0.2, 0) is 0 Å². The third kappa shape index (κ3) is 3.62. The van der Waals surface area contributed by atoms with Crippen LogP contribution in [0, 0.1) is 0 Å². The first kappa shape index (κ1) is 12.6. The van der Waals surface area contributed by atoms with Crippen LogP contribution in [0.2, 0.25) is 0 Å². The van der Waals surface area contributed by atoms with E-state index in [1.165, 1.54) is 6.07 Å². The standard InChI is InChI=1S/C12H14F2O2/c1-2-3-7-10(15)9-6-4-5-8-11(9)16-12(13)14/h2,4-6,8,10,12,15H,1,3,7H2. The van der Waals surface area contributed by atoms with Crippen molar-refractivity contribution in [2.45, 2.75) is 25.6 Å². The Morgan fingerprint density at radius 1 is 1.38 bits per heavy atom. The number of halogens is 2. The van der Waals surface area contributed by atoms with E-state index in [-0.39, 0.29) is 5.75 Å². The molecule has 1 aromatic rings. The molecule has 0 aliphatic heterocycles. The first-order valence-electron chi connectivity index (χ1n) is 4.98. The molecule has 16 heavy (non-hydrogen) atoms. The summed E-state index contributed by atoms with van der Waals surface area (Å²) in [5, 5.41) is 9.77. The maximum atomic E-state index is 12.1. The SMILES string of the molecule is C=CCCC(O)c1ccccc1OC(F)F. The summed E-state index contributed by atoms with van der Waals surface area (Å²) in [5.74, 6) is 0.0223. The van der Waals surface area contributed by atoms with Crippen LogP contribution >= 0.6 is 0 Å². The van der Waals surface area contributed by atoms with Crippen molar-refractivity contribution >= 4 is 0 Å². The molecule has 0 heterocycles. The highest BCUT2D eigenvalue weighted by Gasteiger charge is 2.14. The highest BCUT2D eigenvalue weighted by molar-refractivity contribution is 5.35. The molecule has 0 amide bonds. The van der Waals surface area contributed by atoms with Gasteiger partial charge in [-0.1, -0.05) is 24.3 Å². The van der Waals surface area contributed by atoms with E-state index in [2.05, 4.69) is 11.3 Å². The van der Waals surface area contributed by atoms with Gasteiger partial charge < -0.3 is 9.84 Å². The van der Waals surface area contributed by atoms with Crippen LogP contribution in [0.4, 0.5) is 8.78 Å². The van der Waals surface area contributed by atoms with Gasteiger partial charge in [0.2, 0.25) is 0 Å². The molecule has 1 N–H and O–H groups in total. The fourth-order valence-corrected chi connectivity index (χ4v) is 1.39. The summed E-state index contributed by atoms with van der Waals surface area (Å²) in [5.41, 5.74) is 0.379. The van der Waals surface area contributed by atoms with Gasteiger partial charge in [-0.3, -0.25) is 0 Å². The second-order valence-electron chi connectivity index (χ2n) is 3.30. The first-order valence-corrected chi connectivity index (χ1v) is 4.98. The van der Waals surface area contributed by atoms with Crippen molar-refractivity contribution in [2.75, 3.05) is 0 Å². The number of hydrogen-bond acceptors (Lipinski definition) is 2. The minimum atomic E-state index is -2.88. The van der Waals surface area contributed by atoms with Crippen molar-refractivity contribution in [1.29, 1.82) is 0 Å². The lowest BCUT2D eigenvalue weighted by molar-refractivity contribution is -0.0516. The van der Waals surface area contributed by atoms with Crippen molar-refractivity contribution in [2.24, 2.45) is 0 Å². The lowest BCUT2D eigenvalue weighted by atomic mass is 10.0. The molecule has 1 rings (SSSR count). The van der Waals surface area contributed by atoms with Crippen molar-refractivity contribution in [3.8, 4) is 5.75 Å². The second-order valence-corrected chi connectivity index (χ2v) is 3.30. The van der Waals surface area contributed by atoms with E-state index in [0.29, 0.717) is 18.4 Å².